The van der Waals surface area contributed by atoms with Gasteiger partial charge in [0.15, 0.2) is 0 Å². The van der Waals surface area contributed by atoms with Crippen LogP contribution >= 0.6 is 0 Å². The van der Waals surface area contributed by atoms with Crippen molar-refractivity contribution in [2.45, 2.75) is 6.10 Å². The highest BCUT2D eigenvalue weighted by atomic mass is 16.6. The monoisotopic (exact) mass is 192 g/mol. The van der Waals surface area contributed by atoms with E-state index in [2.05, 4.69) is 4.65 Å². The first-order valence-corrected chi connectivity index (χ1v) is 4.30. The molecule has 1 aromatic carbocycles. The normalized spacial score (nSPS) is 18.8. The van der Waals surface area contributed by atoms with E-state index in [4.69, 9.17) is 4.74 Å². The quantitative estimate of drug-likeness (QED) is 0.401. The van der Waals surface area contributed by atoms with E-state index < -0.39 is 7.12 Å². The number of benzene rings is 1. The summed E-state index contributed by atoms with van der Waals surface area (Å²) >= 11 is 0. The Morgan fingerprint density at radius 3 is 2.64 bits per heavy atom. The molecular weight excluding hydrogens is 183 g/mol. The average Bonchev–Trinajstić information content (AvgIpc) is 3.02. The van der Waals surface area contributed by atoms with Gasteiger partial charge in [-0.25, -0.2) is 0 Å². The lowest BCUT2D eigenvalue weighted by molar-refractivity contribution is -0.121. The number of carbonyl (C=O) groups excluding carboxylic acids is 1. The van der Waals surface area contributed by atoms with Gasteiger partial charge >= 0.3 is 7.12 Å². The second-order valence-electron chi connectivity index (χ2n) is 3.07. The maximum absolute atomic E-state index is 9.97. The first kappa shape index (κ1) is 9.24. The summed E-state index contributed by atoms with van der Waals surface area (Å²) in [6.07, 6.45) is 0.202. The smallest absolute Gasteiger partial charge is 0.508 e. The molecule has 0 amide bonds. The molecule has 1 aliphatic rings. The Hall–Kier alpha value is -1.33. The summed E-state index contributed by atoms with van der Waals surface area (Å²) in [6.45, 7) is 0.981. The molecule has 0 aliphatic carbocycles. The molecule has 1 atom stereocenters. The molecule has 1 N–H and O–H groups in total. The first-order valence-electron chi connectivity index (χ1n) is 4.30. The highest BCUT2D eigenvalue weighted by Gasteiger charge is 2.25. The van der Waals surface area contributed by atoms with Gasteiger partial charge in [0.25, 0.3) is 6.47 Å². The van der Waals surface area contributed by atoms with Crippen molar-refractivity contribution in [3.05, 3.63) is 29.8 Å². The fraction of sp³-hybridized carbons (Fsp3) is 0.222. The third-order valence-corrected chi connectivity index (χ3v) is 2.11. The second kappa shape index (κ2) is 3.81. The van der Waals surface area contributed by atoms with Crippen LogP contribution in [-0.4, -0.2) is 25.2 Å². The fourth-order valence-corrected chi connectivity index (χ4v) is 1.25. The van der Waals surface area contributed by atoms with Crippen molar-refractivity contribution in [3.63, 3.8) is 0 Å². The average molecular weight is 192 g/mol. The summed E-state index contributed by atoms with van der Waals surface area (Å²) in [5, 5.41) is 9.28. The molecule has 1 aromatic rings. The summed E-state index contributed by atoms with van der Waals surface area (Å²) in [7, 11) is -1.18. The third kappa shape index (κ3) is 1.94. The summed E-state index contributed by atoms with van der Waals surface area (Å²) in [6, 6.07) is 7.13. The summed E-state index contributed by atoms with van der Waals surface area (Å²) in [4.78, 5) is 9.97. The van der Waals surface area contributed by atoms with E-state index in [-0.39, 0.29) is 12.6 Å². The number of hydrogen-bond donors (Lipinski definition) is 1. The third-order valence-electron chi connectivity index (χ3n) is 2.11. The molecule has 2 rings (SSSR count). The standard InChI is InChI=1S/C9H9BO4/c11-6-14-10(12)8-3-1-7(2-4-8)9-5-13-9/h1-4,6,9,12H,5H2. The minimum absolute atomic E-state index is 0.202. The largest absolute Gasteiger partial charge is 0.561 e. The van der Waals surface area contributed by atoms with Gasteiger partial charge in [0.05, 0.1) is 6.61 Å². The lowest BCUT2D eigenvalue weighted by Crippen LogP contribution is -2.33. The molecule has 14 heavy (non-hydrogen) atoms. The van der Waals surface area contributed by atoms with Crippen molar-refractivity contribution in [1.29, 1.82) is 0 Å². The van der Waals surface area contributed by atoms with Crippen LogP contribution in [0.25, 0.3) is 0 Å². The minimum Gasteiger partial charge on any atom is -0.508 e. The van der Waals surface area contributed by atoms with Gasteiger partial charge < -0.3 is 14.4 Å². The van der Waals surface area contributed by atoms with Crippen molar-refractivity contribution in [1.82, 2.24) is 0 Å². The molecule has 1 aliphatic heterocycles. The summed E-state index contributed by atoms with van der Waals surface area (Å²) < 4.78 is 9.48. The minimum atomic E-state index is -1.18. The number of carbonyl (C=O) groups is 1. The zero-order valence-corrected chi connectivity index (χ0v) is 7.42. The highest BCUT2D eigenvalue weighted by molar-refractivity contribution is 6.61. The number of epoxide rings is 1. The summed E-state index contributed by atoms with van der Waals surface area (Å²) in [5.41, 5.74) is 1.63. The van der Waals surface area contributed by atoms with E-state index in [0.29, 0.717) is 5.46 Å². The Morgan fingerprint density at radius 2 is 2.14 bits per heavy atom. The Kier molecular flexibility index (Phi) is 2.52. The maximum atomic E-state index is 9.97. The fourth-order valence-electron chi connectivity index (χ4n) is 1.25. The SMILES string of the molecule is O=COB(O)c1ccc(C2CO2)cc1. The molecule has 4 nitrogen and oxygen atoms in total. The van der Waals surface area contributed by atoms with Gasteiger partial charge in [0, 0.05) is 0 Å². The van der Waals surface area contributed by atoms with Crippen LogP contribution in [-0.2, 0) is 14.2 Å². The number of ether oxygens (including phenoxy) is 1. The molecule has 1 heterocycles. The van der Waals surface area contributed by atoms with Crippen LogP contribution in [0.4, 0.5) is 0 Å². The number of rotatable bonds is 4. The van der Waals surface area contributed by atoms with Crippen LogP contribution < -0.4 is 5.46 Å². The van der Waals surface area contributed by atoms with E-state index in [0.717, 1.165) is 12.2 Å². The van der Waals surface area contributed by atoms with Crippen LogP contribution in [0.5, 0.6) is 0 Å². The van der Waals surface area contributed by atoms with Crippen molar-refractivity contribution in [3.8, 4) is 0 Å². The van der Waals surface area contributed by atoms with Crippen LogP contribution in [0, 0.1) is 0 Å². The Morgan fingerprint density at radius 1 is 1.50 bits per heavy atom. The molecule has 1 saturated heterocycles. The molecule has 5 heteroatoms. The Bertz CT molecular complexity index is 320. The molecule has 72 valence electrons. The van der Waals surface area contributed by atoms with Crippen LogP contribution in [0.1, 0.15) is 11.7 Å². The van der Waals surface area contributed by atoms with Crippen LogP contribution in [0.3, 0.4) is 0 Å². The van der Waals surface area contributed by atoms with Crippen molar-refractivity contribution < 1.29 is 19.2 Å². The van der Waals surface area contributed by atoms with Crippen LogP contribution in [0.2, 0.25) is 0 Å². The topological polar surface area (TPSA) is 59.1 Å². The molecule has 0 saturated carbocycles. The zero-order valence-electron chi connectivity index (χ0n) is 7.42. The highest BCUT2D eigenvalue weighted by Crippen LogP contribution is 2.28. The van der Waals surface area contributed by atoms with Gasteiger partial charge in [-0.05, 0) is 11.0 Å². The Balaban J connectivity index is 2.08. The van der Waals surface area contributed by atoms with Gasteiger partial charge in [-0.3, -0.25) is 4.79 Å². The lowest BCUT2D eigenvalue weighted by Gasteiger charge is -2.03. The number of hydrogen-bond acceptors (Lipinski definition) is 4. The predicted octanol–water partition coefficient (Wildman–Crippen LogP) is -0.382. The summed E-state index contributed by atoms with van der Waals surface area (Å²) in [5.74, 6) is 0. The second-order valence-corrected chi connectivity index (χ2v) is 3.07. The molecule has 0 aromatic heterocycles. The van der Waals surface area contributed by atoms with Crippen molar-refractivity contribution in [2.75, 3.05) is 6.61 Å². The van der Waals surface area contributed by atoms with Gasteiger partial charge in [0.2, 0.25) is 0 Å². The Labute approximate surface area is 81.6 Å². The maximum Gasteiger partial charge on any atom is 0.561 e. The van der Waals surface area contributed by atoms with Crippen molar-refractivity contribution >= 4 is 19.1 Å². The van der Waals surface area contributed by atoms with Gasteiger partial charge in [-0.1, -0.05) is 24.3 Å². The van der Waals surface area contributed by atoms with E-state index in [9.17, 15) is 9.82 Å². The molecule has 0 bridgehead atoms. The molecule has 0 radical (unpaired) electrons. The first-order chi connectivity index (χ1) is 6.81. The molecule has 1 fully saturated rings. The van der Waals surface area contributed by atoms with E-state index in [1.54, 1.807) is 12.1 Å². The predicted molar refractivity (Wildman–Crippen MR) is 49.9 cm³/mol. The van der Waals surface area contributed by atoms with Gasteiger partial charge in [0.1, 0.15) is 6.10 Å². The lowest BCUT2D eigenvalue weighted by atomic mass is 9.79. The molecular formula is C9H9BO4. The molecule has 0 spiro atoms. The molecule has 1 unspecified atom stereocenters. The van der Waals surface area contributed by atoms with Crippen LogP contribution in [0.15, 0.2) is 24.3 Å². The van der Waals surface area contributed by atoms with Gasteiger partial charge in [-0.2, -0.15) is 0 Å². The van der Waals surface area contributed by atoms with E-state index in [1.165, 1.54) is 0 Å². The van der Waals surface area contributed by atoms with E-state index in [1.807, 2.05) is 12.1 Å². The van der Waals surface area contributed by atoms with E-state index >= 15 is 0 Å². The van der Waals surface area contributed by atoms with Gasteiger partial charge in [-0.15, -0.1) is 0 Å². The van der Waals surface area contributed by atoms with Crippen molar-refractivity contribution in [2.24, 2.45) is 0 Å². The zero-order chi connectivity index (χ0) is 9.97.